The zero-order chi connectivity index (χ0) is 10.9. The summed E-state index contributed by atoms with van der Waals surface area (Å²) in [4.78, 5) is 12.0. The van der Waals surface area contributed by atoms with E-state index in [-0.39, 0.29) is 11.4 Å². The summed E-state index contributed by atoms with van der Waals surface area (Å²) in [7, 11) is 1.51. The molecule has 2 nitrogen and oxygen atoms in total. The van der Waals surface area contributed by atoms with Gasteiger partial charge in [-0.1, -0.05) is 28.1 Å². The fourth-order valence-corrected chi connectivity index (χ4v) is 3.45. The second-order valence-electron chi connectivity index (χ2n) is 4.63. The molecule has 0 aromatic rings. The molecule has 3 unspecified atom stereocenters. The molecule has 0 aromatic heterocycles. The third kappa shape index (κ3) is 1.75. The van der Waals surface area contributed by atoms with E-state index in [1.54, 1.807) is 0 Å². The van der Waals surface area contributed by atoms with Crippen molar-refractivity contribution in [3.05, 3.63) is 12.2 Å². The number of alkyl halides is 1. The van der Waals surface area contributed by atoms with Gasteiger partial charge in [0, 0.05) is 5.33 Å². The van der Waals surface area contributed by atoms with Gasteiger partial charge >= 0.3 is 5.97 Å². The topological polar surface area (TPSA) is 26.3 Å². The van der Waals surface area contributed by atoms with Crippen molar-refractivity contribution >= 4 is 21.9 Å². The van der Waals surface area contributed by atoms with Crippen molar-refractivity contribution in [2.45, 2.75) is 25.7 Å². The molecule has 0 aromatic carbocycles. The van der Waals surface area contributed by atoms with Crippen LogP contribution in [-0.4, -0.2) is 18.4 Å². The highest BCUT2D eigenvalue weighted by molar-refractivity contribution is 9.09. The van der Waals surface area contributed by atoms with Crippen molar-refractivity contribution in [3.63, 3.8) is 0 Å². The van der Waals surface area contributed by atoms with E-state index in [4.69, 9.17) is 4.74 Å². The maximum Gasteiger partial charge on any atom is 0.312 e. The van der Waals surface area contributed by atoms with Crippen LogP contribution in [0.2, 0.25) is 0 Å². The highest BCUT2D eigenvalue weighted by atomic mass is 79.9. The number of hydrogen-bond acceptors (Lipinski definition) is 2. The minimum absolute atomic E-state index is 0.000278. The van der Waals surface area contributed by atoms with Crippen molar-refractivity contribution < 1.29 is 9.53 Å². The van der Waals surface area contributed by atoms with Crippen LogP contribution in [0, 0.1) is 17.3 Å². The van der Waals surface area contributed by atoms with Crippen LogP contribution in [-0.2, 0) is 9.53 Å². The zero-order valence-corrected chi connectivity index (χ0v) is 10.6. The summed E-state index contributed by atoms with van der Waals surface area (Å²) < 4.78 is 5.00. The molecule has 0 radical (unpaired) electrons. The molecule has 0 amide bonds. The van der Waals surface area contributed by atoms with Crippen molar-refractivity contribution in [1.82, 2.24) is 0 Å². The van der Waals surface area contributed by atoms with E-state index in [1.807, 2.05) is 0 Å². The second-order valence-corrected chi connectivity index (χ2v) is 5.42. The molecule has 3 heteroatoms. The molecule has 3 atom stereocenters. The van der Waals surface area contributed by atoms with Crippen LogP contribution in [0.1, 0.15) is 25.7 Å². The third-order valence-electron chi connectivity index (χ3n) is 3.86. The van der Waals surface area contributed by atoms with Gasteiger partial charge in [-0.3, -0.25) is 4.79 Å². The van der Waals surface area contributed by atoms with Gasteiger partial charge in [0.05, 0.1) is 12.5 Å². The lowest BCUT2D eigenvalue weighted by molar-refractivity contribution is -0.155. The summed E-state index contributed by atoms with van der Waals surface area (Å²) in [5.74, 6) is 1.04. The van der Waals surface area contributed by atoms with Crippen LogP contribution in [0.25, 0.3) is 0 Å². The number of ether oxygens (including phenoxy) is 1. The molecule has 0 N–H and O–H groups in total. The number of methoxy groups -OCH3 is 1. The quantitative estimate of drug-likeness (QED) is 0.447. The Balaban J connectivity index is 2.17. The van der Waals surface area contributed by atoms with Gasteiger partial charge in [-0.2, -0.15) is 0 Å². The minimum atomic E-state index is -0.206. The number of esters is 1. The first kappa shape index (κ1) is 11.2. The van der Waals surface area contributed by atoms with E-state index in [2.05, 4.69) is 28.1 Å². The van der Waals surface area contributed by atoms with Crippen LogP contribution in [0.15, 0.2) is 12.2 Å². The summed E-state index contributed by atoms with van der Waals surface area (Å²) in [6.45, 7) is 0. The maximum atomic E-state index is 12.0. The molecular weight excluding hydrogens is 256 g/mol. The van der Waals surface area contributed by atoms with Crippen molar-refractivity contribution in [1.29, 1.82) is 0 Å². The average Bonchev–Trinajstić information content (AvgIpc) is 2.85. The van der Waals surface area contributed by atoms with Crippen LogP contribution < -0.4 is 0 Å². The normalized spacial score (nSPS) is 37.2. The largest absolute Gasteiger partial charge is 0.469 e. The summed E-state index contributed by atoms with van der Waals surface area (Å²) in [6, 6.07) is 0. The molecule has 0 saturated heterocycles. The molecule has 1 saturated carbocycles. The summed E-state index contributed by atoms with van der Waals surface area (Å²) in [5.41, 5.74) is -0.206. The highest BCUT2D eigenvalue weighted by Crippen LogP contribution is 2.55. The lowest BCUT2D eigenvalue weighted by Gasteiger charge is -2.32. The number of halogens is 1. The van der Waals surface area contributed by atoms with E-state index in [1.165, 1.54) is 7.11 Å². The number of carbonyl (C=O) groups excluding carboxylic acids is 1. The molecule has 2 bridgehead atoms. The SMILES string of the molecule is COC(=O)C1(CCCBr)CC2C=CC1C2. The van der Waals surface area contributed by atoms with Crippen molar-refractivity contribution in [2.75, 3.05) is 12.4 Å². The smallest absolute Gasteiger partial charge is 0.312 e. The molecule has 1 fully saturated rings. The molecule has 2 aliphatic carbocycles. The average molecular weight is 273 g/mol. The van der Waals surface area contributed by atoms with Gasteiger partial charge in [0.2, 0.25) is 0 Å². The van der Waals surface area contributed by atoms with E-state index in [9.17, 15) is 4.79 Å². The first-order valence-corrected chi connectivity index (χ1v) is 6.68. The van der Waals surface area contributed by atoms with E-state index < -0.39 is 0 Å². The first-order chi connectivity index (χ1) is 7.23. The van der Waals surface area contributed by atoms with Gasteiger partial charge in [-0.05, 0) is 37.5 Å². The fourth-order valence-electron chi connectivity index (χ4n) is 3.16. The fraction of sp³-hybridized carbons (Fsp3) is 0.750. The summed E-state index contributed by atoms with van der Waals surface area (Å²) in [6.07, 6.45) is 8.63. The monoisotopic (exact) mass is 272 g/mol. The van der Waals surface area contributed by atoms with Crippen LogP contribution in [0.5, 0.6) is 0 Å². The lowest BCUT2D eigenvalue weighted by Crippen LogP contribution is -2.36. The number of fused-ring (bicyclic) bond motifs is 2. The molecular formula is C12H17BrO2. The van der Waals surface area contributed by atoms with Crippen LogP contribution in [0.3, 0.4) is 0 Å². The third-order valence-corrected chi connectivity index (χ3v) is 4.42. The van der Waals surface area contributed by atoms with Gasteiger partial charge < -0.3 is 4.74 Å². The predicted molar refractivity (Wildman–Crippen MR) is 62.8 cm³/mol. The predicted octanol–water partition coefficient (Wildman–Crippen LogP) is 2.92. The van der Waals surface area contributed by atoms with Crippen molar-refractivity contribution in [2.24, 2.45) is 17.3 Å². The Morgan fingerprint density at radius 2 is 2.40 bits per heavy atom. The minimum Gasteiger partial charge on any atom is -0.469 e. The van der Waals surface area contributed by atoms with E-state index in [0.717, 1.165) is 31.0 Å². The van der Waals surface area contributed by atoms with E-state index in [0.29, 0.717) is 11.8 Å². The lowest BCUT2D eigenvalue weighted by atomic mass is 9.72. The number of rotatable bonds is 4. The second kappa shape index (κ2) is 4.28. The Morgan fingerprint density at radius 1 is 1.60 bits per heavy atom. The number of allylic oxidation sites excluding steroid dienone is 2. The maximum absolute atomic E-state index is 12.0. The number of hydrogen-bond donors (Lipinski definition) is 0. The molecule has 0 spiro atoms. The standard InChI is InChI=1S/C12H17BrO2/c1-15-11(14)12(5-2-6-13)8-9-3-4-10(12)7-9/h3-4,9-10H,2,5-8H2,1H3. The van der Waals surface area contributed by atoms with E-state index >= 15 is 0 Å². The summed E-state index contributed by atoms with van der Waals surface area (Å²) >= 11 is 3.43. The highest BCUT2D eigenvalue weighted by Gasteiger charge is 2.53. The Bertz CT molecular complexity index is 287. The molecule has 0 aliphatic heterocycles. The molecule has 2 aliphatic rings. The van der Waals surface area contributed by atoms with Gasteiger partial charge in [0.25, 0.3) is 0 Å². The van der Waals surface area contributed by atoms with Gasteiger partial charge in [0.1, 0.15) is 0 Å². The zero-order valence-electron chi connectivity index (χ0n) is 9.04. The molecule has 15 heavy (non-hydrogen) atoms. The molecule has 0 heterocycles. The molecule has 84 valence electrons. The Hall–Kier alpha value is -0.310. The first-order valence-electron chi connectivity index (χ1n) is 5.55. The molecule has 2 rings (SSSR count). The Labute approximate surface area is 99.2 Å². The van der Waals surface area contributed by atoms with Crippen LogP contribution >= 0.6 is 15.9 Å². The summed E-state index contributed by atoms with van der Waals surface area (Å²) in [5, 5.41) is 0.965. The number of carbonyl (C=O) groups is 1. The van der Waals surface area contributed by atoms with Crippen LogP contribution in [0.4, 0.5) is 0 Å². The van der Waals surface area contributed by atoms with Gasteiger partial charge in [-0.15, -0.1) is 0 Å². The Morgan fingerprint density at radius 3 is 2.87 bits per heavy atom. The van der Waals surface area contributed by atoms with Gasteiger partial charge in [0.15, 0.2) is 0 Å². The van der Waals surface area contributed by atoms with Gasteiger partial charge in [-0.25, -0.2) is 0 Å². The van der Waals surface area contributed by atoms with Crippen molar-refractivity contribution in [3.8, 4) is 0 Å². The Kier molecular flexibility index (Phi) is 3.19.